The van der Waals surface area contributed by atoms with Gasteiger partial charge in [-0.1, -0.05) is 11.6 Å². The second-order valence-electron chi connectivity index (χ2n) is 3.04. The topological polar surface area (TPSA) is 55.1 Å². The first-order chi connectivity index (χ1) is 7.59. The van der Waals surface area contributed by atoms with E-state index in [1.54, 1.807) is 24.3 Å². The Hall–Kier alpha value is -1.52. The number of nitrogens with zero attached hydrogens (tertiary/aromatic N) is 2. The Labute approximate surface area is 101 Å². The Morgan fingerprint density at radius 1 is 1.31 bits per heavy atom. The van der Waals surface area contributed by atoms with Gasteiger partial charge in [0, 0.05) is 5.02 Å². The summed E-state index contributed by atoms with van der Waals surface area (Å²) in [6.45, 7) is 0. The van der Waals surface area contributed by atoms with Crippen LogP contribution < -0.4 is 0 Å². The maximum atomic E-state index is 10.9. The average molecular weight is 257 g/mol. The van der Waals surface area contributed by atoms with E-state index in [1.165, 1.54) is 10.9 Å². The second-order valence-corrected chi connectivity index (χ2v) is 3.82. The predicted octanol–water partition coefficient (Wildman–Crippen LogP) is 2.61. The zero-order valence-electron chi connectivity index (χ0n) is 7.89. The lowest BCUT2D eigenvalue weighted by Gasteiger charge is -2.02. The summed E-state index contributed by atoms with van der Waals surface area (Å²) >= 11 is 11.0. The van der Waals surface area contributed by atoms with Gasteiger partial charge in [-0.05, 0) is 35.9 Å². The molecule has 2 aromatic rings. The summed E-state index contributed by atoms with van der Waals surface area (Å²) in [5, 5.41) is 13.4. The molecule has 1 aromatic carbocycles. The van der Waals surface area contributed by atoms with Crippen molar-refractivity contribution in [3.63, 3.8) is 0 Å². The second kappa shape index (κ2) is 4.15. The summed E-state index contributed by atoms with van der Waals surface area (Å²) in [6, 6.07) is 6.63. The van der Waals surface area contributed by atoms with Crippen LogP contribution in [0.15, 0.2) is 30.5 Å². The van der Waals surface area contributed by atoms with Crippen molar-refractivity contribution in [2.75, 3.05) is 0 Å². The van der Waals surface area contributed by atoms with Gasteiger partial charge >= 0.3 is 0 Å². The van der Waals surface area contributed by atoms with Gasteiger partial charge in [0.2, 0.25) is 5.88 Å². The highest BCUT2D eigenvalue weighted by atomic mass is 35.5. The lowest BCUT2D eigenvalue weighted by atomic mass is 10.3. The Balaban J connectivity index is 2.49. The molecule has 0 aliphatic rings. The molecule has 2 rings (SSSR count). The Morgan fingerprint density at radius 2 is 1.94 bits per heavy atom. The average Bonchev–Trinajstić information content (AvgIpc) is 2.61. The first-order valence-corrected chi connectivity index (χ1v) is 5.08. The summed E-state index contributed by atoms with van der Waals surface area (Å²) in [5.74, 6) is -0.290. The molecule has 1 aromatic heterocycles. The van der Waals surface area contributed by atoms with Crippen LogP contribution in [0.3, 0.4) is 0 Å². The number of hydrogen-bond donors (Lipinski definition) is 1. The third kappa shape index (κ3) is 1.89. The van der Waals surface area contributed by atoms with Gasteiger partial charge in [-0.15, -0.1) is 0 Å². The van der Waals surface area contributed by atoms with Crippen molar-refractivity contribution in [2.45, 2.75) is 0 Å². The number of aromatic hydroxyl groups is 1. The van der Waals surface area contributed by atoms with Crippen LogP contribution in [0.5, 0.6) is 5.88 Å². The largest absolute Gasteiger partial charge is 0.493 e. The number of rotatable bonds is 2. The van der Waals surface area contributed by atoms with E-state index in [4.69, 9.17) is 23.2 Å². The summed E-state index contributed by atoms with van der Waals surface area (Å²) in [7, 11) is 0. The van der Waals surface area contributed by atoms with E-state index in [0.717, 1.165) is 0 Å². The Bertz CT molecular complexity index is 534. The SMILES string of the molecule is O=C(Cl)c1cnn(-c2ccc(Cl)cc2)c1O. The molecule has 0 saturated carbocycles. The Kier molecular flexibility index (Phi) is 2.85. The molecule has 0 aliphatic heterocycles. The minimum Gasteiger partial charge on any atom is -0.493 e. The van der Waals surface area contributed by atoms with Gasteiger partial charge in [-0.3, -0.25) is 4.79 Å². The molecule has 0 saturated heterocycles. The smallest absolute Gasteiger partial charge is 0.259 e. The highest BCUT2D eigenvalue weighted by Crippen LogP contribution is 2.23. The minimum absolute atomic E-state index is 0.0309. The fourth-order valence-corrected chi connectivity index (χ4v) is 1.51. The molecule has 0 spiro atoms. The molecule has 16 heavy (non-hydrogen) atoms. The molecule has 0 bridgehead atoms. The third-order valence-electron chi connectivity index (χ3n) is 2.03. The Morgan fingerprint density at radius 3 is 2.44 bits per heavy atom. The van der Waals surface area contributed by atoms with Gasteiger partial charge < -0.3 is 5.11 Å². The van der Waals surface area contributed by atoms with E-state index in [0.29, 0.717) is 10.7 Å². The lowest BCUT2D eigenvalue weighted by Crippen LogP contribution is -1.95. The highest BCUT2D eigenvalue weighted by molar-refractivity contribution is 6.68. The van der Waals surface area contributed by atoms with Crippen molar-refractivity contribution < 1.29 is 9.90 Å². The maximum absolute atomic E-state index is 10.9. The normalized spacial score (nSPS) is 10.4. The number of carbonyl (C=O) groups excluding carboxylic acids is 1. The maximum Gasteiger partial charge on any atom is 0.259 e. The van der Waals surface area contributed by atoms with Gasteiger partial charge in [0.25, 0.3) is 5.24 Å². The third-order valence-corrected chi connectivity index (χ3v) is 2.48. The van der Waals surface area contributed by atoms with E-state index in [-0.39, 0.29) is 11.4 Å². The first-order valence-electron chi connectivity index (χ1n) is 4.32. The van der Waals surface area contributed by atoms with E-state index >= 15 is 0 Å². The number of hydrogen-bond acceptors (Lipinski definition) is 3. The molecule has 0 fully saturated rings. The summed E-state index contributed by atoms with van der Waals surface area (Å²) in [5.41, 5.74) is 0.558. The van der Waals surface area contributed by atoms with E-state index in [2.05, 4.69) is 5.10 Å². The molecular formula is C10H6Cl2N2O2. The molecule has 6 heteroatoms. The number of halogens is 2. The molecule has 0 radical (unpaired) electrons. The van der Waals surface area contributed by atoms with E-state index < -0.39 is 5.24 Å². The fraction of sp³-hybridized carbons (Fsp3) is 0. The number of carbonyl (C=O) groups is 1. The zero-order valence-corrected chi connectivity index (χ0v) is 9.40. The van der Waals surface area contributed by atoms with E-state index in [1.807, 2.05) is 0 Å². The molecule has 0 aliphatic carbocycles. The molecule has 0 unspecified atom stereocenters. The molecule has 82 valence electrons. The van der Waals surface area contributed by atoms with Gasteiger partial charge in [-0.2, -0.15) is 5.10 Å². The highest BCUT2D eigenvalue weighted by Gasteiger charge is 2.15. The molecular weight excluding hydrogens is 251 g/mol. The van der Waals surface area contributed by atoms with Crippen molar-refractivity contribution in [2.24, 2.45) is 0 Å². The summed E-state index contributed by atoms with van der Waals surface area (Å²) < 4.78 is 1.20. The number of aromatic nitrogens is 2. The predicted molar refractivity (Wildman–Crippen MR) is 60.4 cm³/mol. The first kappa shape index (κ1) is 11.0. The standard InChI is InChI=1S/C10H6Cl2N2O2/c11-6-1-3-7(4-2-6)14-10(16)8(5-13-14)9(12)15/h1-5,16H. The van der Waals surface area contributed by atoms with Crippen LogP contribution in [0.25, 0.3) is 5.69 Å². The van der Waals surface area contributed by atoms with Crippen molar-refractivity contribution in [1.29, 1.82) is 0 Å². The van der Waals surface area contributed by atoms with Crippen LogP contribution >= 0.6 is 23.2 Å². The quantitative estimate of drug-likeness (QED) is 0.841. The van der Waals surface area contributed by atoms with Crippen LogP contribution in [0.2, 0.25) is 5.02 Å². The summed E-state index contributed by atoms with van der Waals surface area (Å²) in [4.78, 5) is 10.9. The van der Waals surface area contributed by atoms with Crippen molar-refractivity contribution in [3.8, 4) is 11.6 Å². The van der Waals surface area contributed by atoms with Crippen molar-refractivity contribution in [3.05, 3.63) is 41.0 Å². The van der Waals surface area contributed by atoms with Crippen LogP contribution in [-0.4, -0.2) is 20.1 Å². The van der Waals surface area contributed by atoms with Gasteiger partial charge in [0.1, 0.15) is 5.56 Å². The van der Waals surface area contributed by atoms with Crippen LogP contribution in [0.4, 0.5) is 0 Å². The minimum atomic E-state index is -0.752. The van der Waals surface area contributed by atoms with Crippen LogP contribution in [-0.2, 0) is 0 Å². The van der Waals surface area contributed by atoms with Crippen molar-refractivity contribution in [1.82, 2.24) is 9.78 Å². The fourth-order valence-electron chi connectivity index (χ4n) is 1.25. The summed E-state index contributed by atoms with van der Waals surface area (Å²) in [6.07, 6.45) is 1.21. The van der Waals surface area contributed by atoms with Gasteiger partial charge in [0.15, 0.2) is 0 Å². The van der Waals surface area contributed by atoms with Gasteiger partial charge in [0.05, 0.1) is 11.9 Å². The number of benzene rings is 1. The van der Waals surface area contributed by atoms with Crippen LogP contribution in [0, 0.1) is 0 Å². The molecule has 1 heterocycles. The van der Waals surface area contributed by atoms with Crippen molar-refractivity contribution >= 4 is 28.4 Å². The van der Waals surface area contributed by atoms with Gasteiger partial charge in [-0.25, -0.2) is 4.68 Å². The molecule has 0 amide bonds. The molecule has 0 atom stereocenters. The van der Waals surface area contributed by atoms with Crippen LogP contribution in [0.1, 0.15) is 10.4 Å². The monoisotopic (exact) mass is 256 g/mol. The zero-order chi connectivity index (χ0) is 11.7. The molecule has 1 N–H and O–H groups in total. The lowest BCUT2D eigenvalue weighted by molar-refractivity contribution is 0.107. The molecule has 4 nitrogen and oxygen atoms in total. The van der Waals surface area contributed by atoms with E-state index in [9.17, 15) is 9.90 Å².